The molecule has 5 rings (SSSR count). The Morgan fingerprint density at radius 2 is 1.83 bits per heavy atom. The van der Waals surface area contributed by atoms with Gasteiger partial charge in [0.2, 0.25) is 0 Å². The van der Waals surface area contributed by atoms with E-state index < -0.39 is 5.54 Å². The molecule has 0 fully saturated rings. The zero-order valence-corrected chi connectivity index (χ0v) is 17.0. The zero-order chi connectivity index (χ0) is 20.0. The summed E-state index contributed by atoms with van der Waals surface area (Å²) >= 11 is 12.4. The molecule has 1 unspecified atom stereocenters. The lowest BCUT2D eigenvalue weighted by Crippen LogP contribution is -2.46. The average molecular weight is 425 g/mol. The van der Waals surface area contributed by atoms with Gasteiger partial charge in [0.15, 0.2) is 11.5 Å². The van der Waals surface area contributed by atoms with E-state index in [1.807, 2.05) is 41.3 Å². The van der Waals surface area contributed by atoms with Crippen LogP contribution in [0.1, 0.15) is 17.5 Å². The molecular formula is C22H18Cl2N4O. The number of amidine groups is 1. The molecule has 29 heavy (non-hydrogen) atoms. The van der Waals surface area contributed by atoms with Crippen LogP contribution < -0.4 is 5.73 Å². The molecule has 3 aromatic rings. The molecule has 0 bridgehead atoms. The Kier molecular flexibility index (Phi) is 4.37. The van der Waals surface area contributed by atoms with Crippen molar-refractivity contribution in [1.82, 2.24) is 4.90 Å². The highest BCUT2D eigenvalue weighted by Gasteiger charge is 2.49. The van der Waals surface area contributed by atoms with Gasteiger partial charge in [-0.05, 0) is 53.4 Å². The molecule has 2 N–H and O–H groups in total. The second-order valence-electron chi connectivity index (χ2n) is 7.14. The second-order valence-corrected chi connectivity index (χ2v) is 8.01. The Hall–Kier alpha value is -2.76. The number of nitrogens with zero attached hydrogens (tertiary/aromatic N) is 3. The Labute approximate surface area is 178 Å². The smallest absolute Gasteiger partial charge is 0.198 e. The van der Waals surface area contributed by atoms with E-state index in [0.717, 1.165) is 47.6 Å². The van der Waals surface area contributed by atoms with Gasteiger partial charge in [0.1, 0.15) is 5.84 Å². The van der Waals surface area contributed by atoms with Crippen LogP contribution in [0.4, 0.5) is 0 Å². The standard InChI is InChI=1S/C22H18Cl2N4O/c23-18-10-15(11-19(24)12-18)14-3-1-4-16(9-14)22(17-5-8-29-13-17)20-26-6-2-7-28(20)21(25)27-22/h1,3-5,8-13H,2,6-7H2,(H2,25,27). The first kappa shape index (κ1) is 18.3. The summed E-state index contributed by atoms with van der Waals surface area (Å²) in [7, 11) is 0. The number of halogens is 2. The van der Waals surface area contributed by atoms with Crippen LogP contribution in [0.2, 0.25) is 10.0 Å². The number of furan rings is 1. The highest BCUT2D eigenvalue weighted by molar-refractivity contribution is 6.35. The van der Waals surface area contributed by atoms with Crippen LogP contribution in [0.25, 0.3) is 11.1 Å². The molecule has 0 saturated heterocycles. The average Bonchev–Trinajstić information content (AvgIpc) is 3.35. The maximum Gasteiger partial charge on any atom is 0.198 e. The number of hydrogen-bond acceptors (Lipinski definition) is 5. The quantitative estimate of drug-likeness (QED) is 0.647. The number of guanidine groups is 1. The minimum Gasteiger partial charge on any atom is -0.472 e. The van der Waals surface area contributed by atoms with Crippen LogP contribution in [-0.4, -0.2) is 29.8 Å². The predicted molar refractivity (Wildman–Crippen MR) is 117 cm³/mol. The van der Waals surface area contributed by atoms with Crippen LogP contribution >= 0.6 is 23.2 Å². The van der Waals surface area contributed by atoms with Crippen molar-refractivity contribution < 1.29 is 4.42 Å². The fourth-order valence-corrected chi connectivity index (χ4v) is 4.61. The fraction of sp³-hybridized carbons (Fsp3) is 0.182. The van der Waals surface area contributed by atoms with Gasteiger partial charge in [0, 0.05) is 28.7 Å². The molecule has 146 valence electrons. The third kappa shape index (κ3) is 2.93. The van der Waals surface area contributed by atoms with E-state index in [4.69, 9.17) is 43.3 Å². The Morgan fingerprint density at radius 3 is 2.59 bits per heavy atom. The summed E-state index contributed by atoms with van der Waals surface area (Å²) < 4.78 is 5.42. The summed E-state index contributed by atoms with van der Waals surface area (Å²) in [5.41, 5.74) is 9.26. The molecule has 0 radical (unpaired) electrons. The highest BCUT2D eigenvalue weighted by Crippen LogP contribution is 2.42. The third-order valence-electron chi connectivity index (χ3n) is 5.35. The predicted octanol–water partition coefficient (Wildman–Crippen LogP) is 4.93. The molecule has 0 amide bonds. The topological polar surface area (TPSA) is 67.1 Å². The summed E-state index contributed by atoms with van der Waals surface area (Å²) in [5, 5.41) is 1.18. The number of hydrogen-bond donors (Lipinski definition) is 1. The largest absolute Gasteiger partial charge is 0.472 e. The van der Waals surface area contributed by atoms with E-state index in [-0.39, 0.29) is 0 Å². The fourth-order valence-electron chi connectivity index (χ4n) is 4.09. The van der Waals surface area contributed by atoms with Gasteiger partial charge in [-0.15, -0.1) is 0 Å². The summed E-state index contributed by atoms with van der Waals surface area (Å²) in [4.78, 5) is 11.7. The zero-order valence-electron chi connectivity index (χ0n) is 15.5. The summed E-state index contributed by atoms with van der Waals surface area (Å²) in [6.07, 6.45) is 4.30. The van der Waals surface area contributed by atoms with Gasteiger partial charge in [-0.3, -0.25) is 9.89 Å². The number of aliphatic imine (C=N–C) groups is 2. The summed E-state index contributed by atoms with van der Waals surface area (Å²) in [5.74, 6) is 1.31. The van der Waals surface area contributed by atoms with Crippen molar-refractivity contribution in [3.63, 3.8) is 0 Å². The first-order valence-corrected chi connectivity index (χ1v) is 10.1. The lowest BCUT2D eigenvalue weighted by Gasteiger charge is -2.32. The van der Waals surface area contributed by atoms with E-state index in [9.17, 15) is 0 Å². The Balaban J connectivity index is 1.72. The lowest BCUT2D eigenvalue weighted by molar-refractivity contribution is 0.525. The number of rotatable bonds is 3. The third-order valence-corrected chi connectivity index (χ3v) is 5.79. The highest BCUT2D eigenvalue weighted by atomic mass is 35.5. The van der Waals surface area contributed by atoms with Crippen LogP contribution in [-0.2, 0) is 5.54 Å². The lowest BCUT2D eigenvalue weighted by atomic mass is 9.82. The number of fused-ring (bicyclic) bond motifs is 1. The molecule has 1 atom stereocenters. The van der Waals surface area contributed by atoms with Gasteiger partial charge >= 0.3 is 0 Å². The normalized spacial score (nSPS) is 21.0. The molecule has 2 aliphatic rings. The van der Waals surface area contributed by atoms with Crippen molar-refractivity contribution >= 4 is 35.0 Å². The van der Waals surface area contributed by atoms with E-state index in [0.29, 0.717) is 16.0 Å². The molecule has 0 spiro atoms. The SMILES string of the molecule is NC1=NC(c2ccoc2)(c2cccc(-c3cc(Cl)cc(Cl)c3)c2)C2=NCCCN12. The first-order chi connectivity index (χ1) is 14.1. The van der Waals surface area contributed by atoms with Gasteiger partial charge in [0.05, 0.1) is 12.5 Å². The van der Waals surface area contributed by atoms with E-state index in [2.05, 4.69) is 6.07 Å². The van der Waals surface area contributed by atoms with E-state index in [1.165, 1.54) is 0 Å². The minimum atomic E-state index is -0.837. The van der Waals surface area contributed by atoms with Gasteiger partial charge in [-0.1, -0.05) is 41.4 Å². The van der Waals surface area contributed by atoms with Gasteiger partial charge in [-0.25, -0.2) is 4.99 Å². The van der Waals surface area contributed by atoms with Crippen molar-refractivity contribution in [2.75, 3.05) is 13.1 Å². The maximum absolute atomic E-state index is 6.33. The van der Waals surface area contributed by atoms with Gasteiger partial charge < -0.3 is 10.2 Å². The Morgan fingerprint density at radius 1 is 1.00 bits per heavy atom. The minimum absolute atomic E-state index is 0.473. The molecule has 2 aromatic carbocycles. The van der Waals surface area contributed by atoms with Gasteiger partial charge in [0.25, 0.3) is 0 Å². The summed E-state index contributed by atoms with van der Waals surface area (Å²) in [6.45, 7) is 1.55. The Bertz CT molecular complexity index is 1120. The molecule has 1 aromatic heterocycles. The molecular weight excluding hydrogens is 407 g/mol. The molecule has 2 aliphatic heterocycles. The molecule has 7 heteroatoms. The van der Waals surface area contributed by atoms with Crippen molar-refractivity contribution in [2.24, 2.45) is 15.7 Å². The van der Waals surface area contributed by atoms with Crippen molar-refractivity contribution in [1.29, 1.82) is 0 Å². The van der Waals surface area contributed by atoms with Gasteiger partial charge in [-0.2, -0.15) is 0 Å². The monoisotopic (exact) mass is 424 g/mol. The summed E-state index contributed by atoms with van der Waals surface area (Å²) in [6, 6.07) is 15.6. The maximum atomic E-state index is 6.33. The van der Waals surface area contributed by atoms with Crippen LogP contribution in [0.3, 0.4) is 0 Å². The molecule has 0 aliphatic carbocycles. The van der Waals surface area contributed by atoms with Crippen LogP contribution in [0, 0.1) is 0 Å². The first-order valence-electron chi connectivity index (χ1n) is 9.35. The molecule has 3 heterocycles. The van der Waals surface area contributed by atoms with Crippen molar-refractivity contribution in [3.8, 4) is 11.1 Å². The molecule has 5 nitrogen and oxygen atoms in total. The van der Waals surface area contributed by atoms with E-state index in [1.54, 1.807) is 18.6 Å². The van der Waals surface area contributed by atoms with E-state index >= 15 is 0 Å². The van der Waals surface area contributed by atoms with Crippen molar-refractivity contribution in [3.05, 3.63) is 82.2 Å². The number of benzene rings is 2. The van der Waals surface area contributed by atoms with Crippen molar-refractivity contribution in [2.45, 2.75) is 12.0 Å². The molecule has 0 saturated carbocycles. The van der Waals surface area contributed by atoms with Crippen LogP contribution in [0.5, 0.6) is 0 Å². The number of nitrogens with two attached hydrogens (primary N) is 1. The second kappa shape index (κ2) is 6.94. The van der Waals surface area contributed by atoms with Crippen LogP contribution in [0.15, 0.2) is 75.5 Å².